The maximum Gasteiger partial charge on any atom is 0.438 e. The van der Waals surface area contributed by atoms with E-state index in [4.69, 9.17) is 0 Å². The van der Waals surface area contributed by atoms with Gasteiger partial charge in [0.1, 0.15) is 16.3 Å². The number of alkyl halides is 3. The lowest BCUT2D eigenvalue weighted by Crippen LogP contribution is -2.31. The van der Waals surface area contributed by atoms with Gasteiger partial charge in [-0.1, -0.05) is 11.2 Å². The second-order valence-electron chi connectivity index (χ2n) is 8.79. The predicted octanol–water partition coefficient (Wildman–Crippen LogP) is 4.89. The van der Waals surface area contributed by atoms with Crippen molar-refractivity contribution in [2.24, 2.45) is 0 Å². The van der Waals surface area contributed by atoms with Crippen molar-refractivity contribution in [1.82, 2.24) is 25.1 Å². The van der Waals surface area contributed by atoms with E-state index >= 15 is 0 Å². The number of H-pyrrole nitrogens is 1. The first-order valence-electron chi connectivity index (χ1n) is 11.1. The molecule has 1 aliphatic carbocycles. The topological polar surface area (TPSA) is 130 Å². The summed E-state index contributed by atoms with van der Waals surface area (Å²) < 4.78 is 43.5. The number of nitrogens with zero attached hydrogens (tertiary/aromatic N) is 4. The van der Waals surface area contributed by atoms with E-state index in [2.05, 4.69) is 34.9 Å². The number of halogens is 3. The molecule has 188 valence electrons. The van der Waals surface area contributed by atoms with Crippen molar-refractivity contribution in [2.75, 3.05) is 5.32 Å². The highest BCUT2D eigenvalue weighted by Crippen LogP contribution is 2.45. The second-order valence-corrected chi connectivity index (χ2v) is 9.82. The molecule has 4 aromatic rings. The molecule has 13 heteroatoms. The smallest absolute Gasteiger partial charge is 0.383 e. The van der Waals surface area contributed by atoms with Crippen molar-refractivity contribution in [3.8, 4) is 10.4 Å². The third-order valence-corrected chi connectivity index (χ3v) is 7.36. The number of aliphatic hydroxyl groups is 1. The van der Waals surface area contributed by atoms with Crippen LogP contribution in [0.15, 0.2) is 46.0 Å². The molecule has 0 spiro atoms. The Morgan fingerprint density at radius 2 is 2.00 bits per heavy atom. The van der Waals surface area contributed by atoms with Crippen molar-refractivity contribution in [2.45, 2.75) is 50.3 Å². The van der Waals surface area contributed by atoms with E-state index in [0.717, 1.165) is 28.3 Å². The summed E-state index contributed by atoms with van der Waals surface area (Å²) in [4.78, 5) is 26.5. The highest BCUT2D eigenvalue weighted by molar-refractivity contribution is 7.15. The van der Waals surface area contributed by atoms with Crippen molar-refractivity contribution in [3.63, 3.8) is 0 Å². The van der Waals surface area contributed by atoms with Gasteiger partial charge in [-0.25, -0.2) is 19.7 Å². The van der Waals surface area contributed by atoms with Crippen molar-refractivity contribution >= 4 is 23.0 Å². The Bertz CT molecular complexity index is 1440. The molecule has 1 fully saturated rings. The fourth-order valence-electron chi connectivity index (χ4n) is 4.33. The quantitative estimate of drug-likeness (QED) is 0.340. The Morgan fingerprint density at radius 3 is 2.69 bits per heavy atom. The Hall–Kier alpha value is -3.58. The zero-order valence-corrected chi connectivity index (χ0v) is 19.8. The summed E-state index contributed by atoms with van der Waals surface area (Å²) >= 11 is 1.36. The molecule has 1 aromatic carbocycles. The van der Waals surface area contributed by atoms with Gasteiger partial charge in [0.25, 0.3) is 0 Å². The van der Waals surface area contributed by atoms with E-state index in [1.807, 2.05) is 13.0 Å². The molecule has 0 bridgehead atoms. The number of hydrogen-bond donors (Lipinski definition) is 3. The number of benzene rings is 1. The number of hydrogen-bond acceptors (Lipinski definition) is 9. The molecule has 9 nitrogen and oxygen atoms in total. The van der Waals surface area contributed by atoms with Crippen LogP contribution >= 0.6 is 11.3 Å². The van der Waals surface area contributed by atoms with Gasteiger partial charge in [0.2, 0.25) is 5.95 Å². The zero-order chi connectivity index (χ0) is 25.5. The van der Waals surface area contributed by atoms with Gasteiger partial charge >= 0.3 is 11.9 Å². The molecule has 36 heavy (non-hydrogen) atoms. The molecule has 3 N–H and O–H groups in total. The lowest BCUT2D eigenvalue weighted by Gasteiger charge is -2.33. The van der Waals surface area contributed by atoms with E-state index in [9.17, 15) is 23.1 Å². The van der Waals surface area contributed by atoms with Crippen LogP contribution in [0.5, 0.6) is 0 Å². The third kappa shape index (κ3) is 5.02. The maximum atomic E-state index is 13.0. The van der Waals surface area contributed by atoms with E-state index in [0.29, 0.717) is 42.2 Å². The molecule has 5 rings (SSSR count). The van der Waals surface area contributed by atoms with Crippen LogP contribution in [0.1, 0.15) is 53.7 Å². The van der Waals surface area contributed by atoms with Crippen molar-refractivity contribution < 1.29 is 22.8 Å². The van der Waals surface area contributed by atoms with Crippen molar-refractivity contribution in [3.05, 3.63) is 69.3 Å². The molecule has 0 saturated heterocycles. The van der Waals surface area contributed by atoms with Crippen molar-refractivity contribution in [1.29, 1.82) is 0 Å². The van der Waals surface area contributed by atoms with E-state index in [1.165, 1.54) is 11.3 Å². The predicted molar refractivity (Wildman–Crippen MR) is 125 cm³/mol. The van der Waals surface area contributed by atoms with Gasteiger partial charge in [-0.05, 0) is 61.9 Å². The summed E-state index contributed by atoms with van der Waals surface area (Å²) in [7, 11) is 0. The normalized spacial score (nSPS) is 20.4. The number of aryl methyl sites for hydroxylation is 1. The van der Waals surface area contributed by atoms with Crippen LogP contribution in [0, 0.1) is 6.92 Å². The van der Waals surface area contributed by atoms with Crippen LogP contribution in [-0.4, -0.2) is 30.2 Å². The van der Waals surface area contributed by atoms with E-state index in [-0.39, 0.29) is 11.9 Å². The van der Waals surface area contributed by atoms with Gasteiger partial charge < -0.3 is 10.4 Å². The molecule has 0 amide bonds. The molecule has 1 saturated carbocycles. The summed E-state index contributed by atoms with van der Waals surface area (Å²) in [6, 6.07) is 6.29. The Morgan fingerprint density at radius 1 is 1.22 bits per heavy atom. The lowest BCUT2D eigenvalue weighted by atomic mass is 9.79. The first-order valence-corrected chi connectivity index (χ1v) is 11.9. The van der Waals surface area contributed by atoms with Gasteiger partial charge in [0, 0.05) is 24.0 Å². The molecule has 3 heterocycles. The highest BCUT2D eigenvalue weighted by atomic mass is 32.1. The van der Waals surface area contributed by atoms with Gasteiger partial charge in [-0.3, -0.25) is 9.51 Å². The molecule has 1 aliphatic rings. The number of nitrogens with one attached hydrogen (secondary N) is 2. The van der Waals surface area contributed by atoms with E-state index < -0.39 is 23.2 Å². The fraction of sp³-hybridized carbons (Fsp3) is 0.348. The third-order valence-electron chi connectivity index (χ3n) is 6.12. The highest BCUT2D eigenvalue weighted by Gasteiger charge is 2.39. The zero-order valence-electron chi connectivity index (χ0n) is 19.0. The van der Waals surface area contributed by atoms with Gasteiger partial charge in [-0.15, -0.1) is 11.3 Å². The van der Waals surface area contributed by atoms with E-state index in [1.54, 1.807) is 18.3 Å². The average molecular weight is 519 g/mol. The number of anilines is 2. The number of aromatic nitrogens is 5. The van der Waals surface area contributed by atoms with Gasteiger partial charge in [0.15, 0.2) is 5.82 Å². The lowest BCUT2D eigenvalue weighted by molar-refractivity contribution is -0.141. The monoisotopic (exact) mass is 518 g/mol. The summed E-state index contributed by atoms with van der Waals surface area (Å²) in [5.41, 5.74) is 0.0709. The molecule has 0 unspecified atom stereocenters. The molecule has 3 aromatic heterocycles. The summed E-state index contributed by atoms with van der Waals surface area (Å²) in [5, 5.41) is 18.5. The molecule has 0 atom stereocenters. The van der Waals surface area contributed by atoms with Crippen LogP contribution in [0.3, 0.4) is 0 Å². The maximum absolute atomic E-state index is 13.0. The Kier molecular flexibility index (Phi) is 6.12. The Balaban J connectivity index is 1.34. The van der Waals surface area contributed by atoms with Gasteiger partial charge in [0.05, 0.1) is 4.88 Å². The Labute approximate surface area is 206 Å². The minimum Gasteiger partial charge on any atom is -0.383 e. The van der Waals surface area contributed by atoms with Crippen LogP contribution in [0.2, 0.25) is 0 Å². The minimum absolute atomic E-state index is 0.000342. The molecule has 0 radical (unpaired) electrons. The molecule has 0 aliphatic heterocycles. The first kappa shape index (κ1) is 24.1. The van der Waals surface area contributed by atoms with Crippen LogP contribution in [0.4, 0.5) is 24.8 Å². The first-order chi connectivity index (χ1) is 17.1. The second kappa shape index (κ2) is 9.13. The van der Waals surface area contributed by atoms with Crippen LogP contribution in [-0.2, 0) is 11.8 Å². The summed E-state index contributed by atoms with van der Waals surface area (Å²) in [6.07, 6.45) is 0.299. The molecular weight excluding hydrogens is 497 g/mol. The summed E-state index contributed by atoms with van der Waals surface area (Å²) in [5.74, 6) is -0.265. The average Bonchev–Trinajstić information content (AvgIpc) is 3.49. The summed E-state index contributed by atoms with van der Waals surface area (Å²) in [6.45, 7) is 1.87. The van der Waals surface area contributed by atoms with Crippen LogP contribution < -0.4 is 11.1 Å². The largest absolute Gasteiger partial charge is 0.438 e. The van der Waals surface area contributed by atoms with Crippen LogP contribution in [0.25, 0.3) is 10.4 Å². The SMILES string of the molecule is Cc1cc(Nc2nccc(C(F)(F)F)n2)cc(-c2cnc([C@]3(O)CC[C@H](c4noc(=O)[nH]4)CC3)s2)c1. The number of thiazole rings is 1. The number of aromatic amines is 1. The minimum atomic E-state index is -4.57. The fourth-order valence-corrected chi connectivity index (χ4v) is 5.38. The van der Waals surface area contributed by atoms with Gasteiger partial charge in [-0.2, -0.15) is 13.2 Å². The molecular formula is C23H21F3N6O3S. The number of rotatable bonds is 5. The standard InChI is InChI=1S/C23H21F3N6O3S/c1-12-8-14(10-15(9-12)29-20-27-7-4-17(30-20)23(24,25)26)16-11-28-19(36-16)22(34)5-2-13(3-6-22)18-31-21(33)35-32-18/h4,7-11,13,34H,2-3,5-6H2,1H3,(H,27,29,30)(H,31,32,33)/t13-,22-.